The lowest BCUT2D eigenvalue weighted by Crippen LogP contribution is -2.35. The number of hydrogen-bond donors (Lipinski definition) is 1. The second kappa shape index (κ2) is 6.17. The molecule has 108 valence electrons. The first-order chi connectivity index (χ1) is 8.75. The van der Waals surface area contributed by atoms with E-state index in [0.29, 0.717) is 6.42 Å². The Bertz CT molecular complexity index is 562. The highest BCUT2D eigenvalue weighted by Crippen LogP contribution is 2.27. The van der Waals surface area contributed by atoms with Crippen molar-refractivity contribution < 1.29 is 17.9 Å². The maximum atomic E-state index is 14.1. The highest BCUT2D eigenvalue weighted by atomic mass is 35.5. The van der Waals surface area contributed by atoms with Gasteiger partial charge in [-0.3, -0.25) is 0 Å². The predicted octanol–water partition coefficient (Wildman–Crippen LogP) is 2.39. The first-order valence-electron chi connectivity index (χ1n) is 5.82. The van der Waals surface area contributed by atoms with Gasteiger partial charge in [0, 0.05) is 23.7 Å². The second-order valence-electron chi connectivity index (χ2n) is 4.31. The van der Waals surface area contributed by atoms with Gasteiger partial charge in [-0.2, -0.15) is 4.31 Å². The first-order valence-corrected chi connectivity index (χ1v) is 7.64. The van der Waals surface area contributed by atoms with E-state index in [1.807, 2.05) is 6.92 Å². The molecule has 1 atom stereocenters. The smallest absolute Gasteiger partial charge is 0.246 e. The van der Waals surface area contributed by atoms with Crippen LogP contribution in [0.2, 0.25) is 5.02 Å². The monoisotopic (exact) mass is 309 g/mol. The molecule has 7 heteroatoms. The van der Waals surface area contributed by atoms with Crippen molar-refractivity contribution in [3.8, 4) is 0 Å². The molecule has 1 rings (SSSR count). The summed E-state index contributed by atoms with van der Waals surface area (Å²) in [7, 11) is -2.58. The van der Waals surface area contributed by atoms with Crippen LogP contribution in [0.3, 0.4) is 0 Å². The summed E-state index contributed by atoms with van der Waals surface area (Å²) in [5, 5.41) is 9.09. The van der Waals surface area contributed by atoms with Crippen LogP contribution in [-0.4, -0.2) is 30.9 Å². The number of hydrogen-bond acceptors (Lipinski definition) is 3. The molecule has 0 aliphatic carbocycles. The summed E-state index contributed by atoms with van der Waals surface area (Å²) in [6.07, 6.45) is 0.602. The van der Waals surface area contributed by atoms with Gasteiger partial charge in [0.25, 0.3) is 0 Å². The van der Waals surface area contributed by atoms with Gasteiger partial charge < -0.3 is 5.11 Å². The first kappa shape index (κ1) is 16.4. The second-order valence-corrected chi connectivity index (χ2v) is 6.72. The molecule has 0 aliphatic heterocycles. The van der Waals surface area contributed by atoms with Crippen molar-refractivity contribution in [1.82, 2.24) is 4.31 Å². The number of benzene rings is 1. The molecule has 19 heavy (non-hydrogen) atoms. The third kappa shape index (κ3) is 3.25. The fourth-order valence-electron chi connectivity index (χ4n) is 1.57. The lowest BCUT2D eigenvalue weighted by atomic mass is 10.2. The van der Waals surface area contributed by atoms with Crippen LogP contribution in [0, 0.1) is 5.82 Å². The van der Waals surface area contributed by atoms with E-state index >= 15 is 0 Å². The summed E-state index contributed by atoms with van der Waals surface area (Å²) >= 11 is 5.76. The Morgan fingerprint density at radius 2 is 2.05 bits per heavy atom. The number of aliphatic hydroxyl groups excluding tert-OH is 1. The third-order valence-corrected chi connectivity index (χ3v) is 5.31. The molecular weight excluding hydrogens is 293 g/mol. The quantitative estimate of drug-likeness (QED) is 0.908. The van der Waals surface area contributed by atoms with Gasteiger partial charge >= 0.3 is 0 Å². The number of aliphatic hydroxyl groups is 1. The zero-order chi connectivity index (χ0) is 14.8. The van der Waals surface area contributed by atoms with Crippen LogP contribution in [0.5, 0.6) is 0 Å². The van der Waals surface area contributed by atoms with Crippen molar-refractivity contribution in [1.29, 1.82) is 0 Å². The van der Waals surface area contributed by atoms with Crippen LogP contribution >= 0.6 is 11.6 Å². The van der Waals surface area contributed by atoms with Crippen LogP contribution in [0.1, 0.15) is 25.8 Å². The Hall–Kier alpha value is -0.690. The molecular formula is C12H17ClFNO3S. The summed E-state index contributed by atoms with van der Waals surface area (Å²) in [6, 6.07) is 2.00. The van der Waals surface area contributed by atoms with E-state index in [0.717, 1.165) is 10.4 Å². The standard InChI is InChI=1S/C12H17ClFNO3S/c1-4-8(2)15(3)19(17,18)11-6-10(13)5-9(7-16)12(11)14/h5-6,8,16H,4,7H2,1-3H3. The highest BCUT2D eigenvalue weighted by molar-refractivity contribution is 7.89. The van der Waals surface area contributed by atoms with Gasteiger partial charge in [0.1, 0.15) is 10.7 Å². The summed E-state index contributed by atoms with van der Waals surface area (Å²) in [4.78, 5) is -0.508. The van der Waals surface area contributed by atoms with Crippen molar-refractivity contribution in [2.75, 3.05) is 7.05 Å². The minimum absolute atomic E-state index is 0.0709. The maximum Gasteiger partial charge on any atom is 0.246 e. The minimum atomic E-state index is -3.97. The summed E-state index contributed by atoms with van der Waals surface area (Å²) in [5.74, 6) is -0.956. The van der Waals surface area contributed by atoms with E-state index in [-0.39, 0.29) is 16.6 Å². The Balaban J connectivity index is 3.41. The fraction of sp³-hybridized carbons (Fsp3) is 0.500. The Morgan fingerprint density at radius 3 is 2.53 bits per heavy atom. The molecule has 1 aromatic rings. The maximum absolute atomic E-state index is 14.1. The Kier molecular flexibility index (Phi) is 5.32. The van der Waals surface area contributed by atoms with Crippen molar-refractivity contribution >= 4 is 21.6 Å². The molecule has 0 amide bonds. The zero-order valence-corrected chi connectivity index (χ0v) is 12.6. The van der Waals surface area contributed by atoms with Gasteiger partial charge in [-0.15, -0.1) is 0 Å². The topological polar surface area (TPSA) is 57.6 Å². The van der Waals surface area contributed by atoms with E-state index in [1.165, 1.54) is 13.1 Å². The van der Waals surface area contributed by atoms with Crippen LogP contribution in [0.15, 0.2) is 17.0 Å². The zero-order valence-electron chi connectivity index (χ0n) is 11.0. The van der Waals surface area contributed by atoms with Crippen LogP contribution in [-0.2, 0) is 16.6 Å². The predicted molar refractivity (Wildman–Crippen MR) is 72.0 cm³/mol. The lowest BCUT2D eigenvalue weighted by molar-refractivity contribution is 0.274. The van der Waals surface area contributed by atoms with E-state index in [9.17, 15) is 12.8 Å². The summed E-state index contributed by atoms with van der Waals surface area (Å²) in [5.41, 5.74) is -0.136. The van der Waals surface area contributed by atoms with Gasteiger partial charge in [0.2, 0.25) is 10.0 Å². The van der Waals surface area contributed by atoms with Gasteiger partial charge in [0.15, 0.2) is 0 Å². The molecule has 0 aliphatic rings. The van der Waals surface area contributed by atoms with Crippen molar-refractivity contribution in [2.45, 2.75) is 37.8 Å². The SMILES string of the molecule is CCC(C)N(C)S(=O)(=O)c1cc(Cl)cc(CO)c1F. The fourth-order valence-corrected chi connectivity index (χ4v) is 3.44. The normalized spacial score (nSPS) is 13.8. The number of rotatable bonds is 5. The third-order valence-electron chi connectivity index (χ3n) is 3.12. The van der Waals surface area contributed by atoms with Crippen molar-refractivity contribution in [3.05, 3.63) is 28.5 Å². The molecule has 0 saturated carbocycles. The van der Waals surface area contributed by atoms with Gasteiger partial charge in [-0.25, -0.2) is 12.8 Å². The van der Waals surface area contributed by atoms with Crippen molar-refractivity contribution in [3.63, 3.8) is 0 Å². The minimum Gasteiger partial charge on any atom is -0.392 e. The van der Waals surface area contributed by atoms with E-state index in [4.69, 9.17) is 16.7 Å². The molecule has 1 aromatic carbocycles. The molecule has 0 saturated heterocycles. The van der Waals surface area contributed by atoms with Gasteiger partial charge in [-0.05, 0) is 25.5 Å². The molecule has 0 aromatic heterocycles. The van der Waals surface area contributed by atoms with Gasteiger partial charge in [0.05, 0.1) is 6.61 Å². The molecule has 4 nitrogen and oxygen atoms in total. The number of halogens is 2. The lowest BCUT2D eigenvalue weighted by Gasteiger charge is -2.23. The summed E-state index contributed by atoms with van der Waals surface area (Å²) in [6.45, 7) is 2.96. The molecule has 1 unspecified atom stereocenters. The molecule has 0 radical (unpaired) electrons. The molecule has 0 spiro atoms. The van der Waals surface area contributed by atoms with E-state index in [2.05, 4.69) is 0 Å². The number of nitrogens with zero attached hydrogens (tertiary/aromatic N) is 1. The molecule has 0 heterocycles. The largest absolute Gasteiger partial charge is 0.392 e. The van der Waals surface area contributed by atoms with E-state index in [1.54, 1.807) is 6.92 Å². The average Bonchev–Trinajstić information content (AvgIpc) is 2.38. The van der Waals surface area contributed by atoms with E-state index < -0.39 is 27.3 Å². The molecule has 0 bridgehead atoms. The molecule has 1 N–H and O–H groups in total. The number of sulfonamides is 1. The summed E-state index contributed by atoms with van der Waals surface area (Å²) < 4.78 is 39.8. The van der Waals surface area contributed by atoms with Crippen LogP contribution < -0.4 is 0 Å². The Morgan fingerprint density at radius 1 is 1.47 bits per heavy atom. The van der Waals surface area contributed by atoms with Crippen LogP contribution in [0.25, 0.3) is 0 Å². The van der Waals surface area contributed by atoms with Gasteiger partial charge in [-0.1, -0.05) is 18.5 Å². The Labute approximate surface area is 117 Å². The molecule has 0 fully saturated rings. The van der Waals surface area contributed by atoms with Crippen molar-refractivity contribution in [2.24, 2.45) is 0 Å². The average molecular weight is 310 g/mol. The van der Waals surface area contributed by atoms with Crippen LogP contribution in [0.4, 0.5) is 4.39 Å². The highest BCUT2D eigenvalue weighted by Gasteiger charge is 2.29.